The molecule has 25 heavy (non-hydrogen) atoms. The van der Waals surface area contributed by atoms with Crippen LogP contribution in [0.4, 0.5) is 0 Å². The van der Waals surface area contributed by atoms with Gasteiger partial charge in [-0.3, -0.25) is 4.99 Å². The third kappa shape index (κ3) is 7.42. The van der Waals surface area contributed by atoms with Gasteiger partial charge in [-0.1, -0.05) is 26.2 Å². The number of aromatic nitrogens is 3. The smallest absolute Gasteiger partial charge is 0.191 e. The summed E-state index contributed by atoms with van der Waals surface area (Å²) in [4.78, 5) is 4.63. The Morgan fingerprint density at radius 3 is 2.88 bits per heavy atom. The van der Waals surface area contributed by atoms with E-state index in [1.807, 2.05) is 0 Å². The molecule has 0 radical (unpaired) electrons. The van der Waals surface area contributed by atoms with Gasteiger partial charge in [-0.25, -0.2) is 0 Å². The number of ether oxygens (including phenoxy) is 1. The topological polar surface area (TPSA) is 76.4 Å². The molecule has 1 aromatic rings. The van der Waals surface area contributed by atoms with E-state index in [0.29, 0.717) is 6.10 Å². The maximum atomic E-state index is 5.95. The lowest BCUT2D eigenvalue weighted by molar-refractivity contribution is 0.0281. The predicted octanol–water partition coefficient (Wildman–Crippen LogP) is 2.13. The minimum Gasteiger partial charge on any atom is -0.378 e. The first-order valence-electron chi connectivity index (χ1n) is 9.84. The molecule has 0 unspecified atom stereocenters. The number of rotatable bonds is 10. The molecule has 2 N–H and O–H groups in total. The van der Waals surface area contributed by atoms with Gasteiger partial charge < -0.3 is 19.9 Å². The third-order valence-corrected chi connectivity index (χ3v) is 4.48. The lowest BCUT2D eigenvalue weighted by Crippen LogP contribution is -2.39. The Hall–Kier alpha value is -1.63. The van der Waals surface area contributed by atoms with Crippen LogP contribution < -0.4 is 10.6 Å². The largest absolute Gasteiger partial charge is 0.378 e. The number of hydrogen-bond acceptors (Lipinski definition) is 4. The Balaban J connectivity index is 1.63. The molecule has 7 nitrogen and oxygen atoms in total. The summed E-state index contributed by atoms with van der Waals surface area (Å²) in [7, 11) is 0. The van der Waals surface area contributed by atoms with Gasteiger partial charge in [0.05, 0.1) is 6.10 Å². The highest BCUT2D eigenvalue weighted by molar-refractivity contribution is 5.79. The van der Waals surface area contributed by atoms with E-state index in [2.05, 4.69) is 44.2 Å². The van der Waals surface area contributed by atoms with Gasteiger partial charge in [0.25, 0.3) is 0 Å². The predicted molar refractivity (Wildman–Crippen MR) is 101 cm³/mol. The molecule has 142 valence electrons. The van der Waals surface area contributed by atoms with E-state index in [1.54, 1.807) is 6.33 Å². The highest BCUT2D eigenvalue weighted by Gasteiger charge is 2.12. The van der Waals surface area contributed by atoms with E-state index in [1.165, 1.54) is 32.1 Å². The van der Waals surface area contributed by atoms with Gasteiger partial charge in [0.15, 0.2) is 5.96 Å². The molecule has 0 spiro atoms. The first kappa shape index (κ1) is 19.7. The maximum absolute atomic E-state index is 5.95. The van der Waals surface area contributed by atoms with Crippen LogP contribution >= 0.6 is 0 Å². The summed E-state index contributed by atoms with van der Waals surface area (Å²) < 4.78 is 8.03. The summed E-state index contributed by atoms with van der Waals surface area (Å²) in [5.74, 6) is 1.88. The molecular weight excluding hydrogens is 316 g/mol. The second-order valence-electron chi connectivity index (χ2n) is 6.47. The van der Waals surface area contributed by atoms with E-state index in [9.17, 15) is 0 Å². The Labute approximate surface area is 151 Å². The van der Waals surface area contributed by atoms with Gasteiger partial charge in [-0.05, 0) is 26.2 Å². The van der Waals surface area contributed by atoms with Crippen molar-refractivity contribution in [3.63, 3.8) is 0 Å². The van der Waals surface area contributed by atoms with Crippen molar-refractivity contribution in [2.75, 3.05) is 26.2 Å². The van der Waals surface area contributed by atoms with Crippen molar-refractivity contribution in [1.29, 1.82) is 0 Å². The molecule has 0 bridgehead atoms. The minimum absolute atomic E-state index is 0.487. The lowest BCUT2D eigenvalue weighted by Gasteiger charge is -2.21. The molecule has 1 saturated carbocycles. The van der Waals surface area contributed by atoms with Crippen molar-refractivity contribution in [3.05, 3.63) is 12.2 Å². The minimum atomic E-state index is 0.487. The van der Waals surface area contributed by atoms with Crippen molar-refractivity contribution in [1.82, 2.24) is 25.4 Å². The second-order valence-corrected chi connectivity index (χ2v) is 6.47. The average molecular weight is 351 g/mol. The number of nitrogens with zero attached hydrogens (tertiary/aromatic N) is 4. The summed E-state index contributed by atoms with van der Waals surface area (Å²) in [6.45, 7) is 8.27. The SMILES string of the molecule is CCNC(=NCCCOC1CCCCC1)NCCn1cnnc1CC. The second kappa shape index (κ2) is 11.8. The van der Waals surface area contributed by atoms with Gasteiger partial charge in [0.2, 0.25) is 0 Å². The Morgan fingerprint density at radius 2 is 2.12 bits per heavy atom. The monoisotopic (exact) mass is 350 g/mol. The van der Waals surface area contributed by atoms with Crippen LogP contribution in [-0.2, 0) is 17.7 Å². The van der Waals surface area contributed by atoms with E-state index < -0.39 is 0 Å². The van der Waals surface area contributed by atoms with Crippen LogP contribution in [0.3, 0.4) is 0 Å². The van der Waals surface area contributed by atoms with Crippen LogP contribution in [0.2, 0.25) is 0 Å². The zero-order valence-corrected chi connectivity index (χ0v) is 15.8. The fourth-order valence-electron chi connectivity index (χ4n) is 3.11. The van der Waals surface area contributed by atoms with E-state index in [0.717, 1.165) is 57.4 Å². The zero-order valence-electron chi connectivity index (χ0n) is 15.8. The Kier molecular flexibility index (Phi) is 9.33. The van der Waals surface area contributed by atoms with Crippen LogP contribution in [-0.4, -0.2) is 53.1 Å². The fraction of sp³-hybridized carbons (Fsp3) is 0.833. The van der Waals surface area contributed by atoms with Crippen molar-refractivity contribution in [3.8, 4) is 0 Å². The molecule has 1 aliphatic rings. The van der Waals surface area contributed by atoms with Gasteiger partial charge in [-0.2, -0.15) is 0 Å². The van der Waals surface area contributed by atoms with Crippen LogP contribution in [0.1, 0.15) is 58.2 Å². The highest BCUT2D eigenvalue weighted by Crippen LogP contribution is 2.20. The molecule has 7 heteroatoms. The summed E-state index contributed by atoms with van der Waals surface area (Å²) in [5, 5.41) is 14.7. The zero-order chi connectivity index (χ0) is 17.7. The molecule has 1 fully saturated rings. The van der Waals surface area contributed by atoms with Crippen molar-refractivity contribution < 1.29 is 4.74 Å². The number of aliphatic imine (C=N–C) groups is 1. The molecule has 0 aliphatic heterocycles. The van der Waals surface area contributed by atoms with Gasteiger partial charge >= 0.3 is 0 Å². The molecule has 0 saturated heterocycles. The molecule has 0 amide bonds. The summed E-state index contributed by atoms with van der Waals surface area (Å²) in [6.07, 6.45) is 10.6. The van der Waals surface area contributed by atoms with Crippen LogP contribution in [0.25, 0.3) is 0 Å². The number of aryl methyl sites for hydroxylation is 1. The first-order chi connectivity index (χ1) is 12.3. The van der Waals surface area contributed by atoms with Crippen LogP contribution in [0, 0.1) is 0 Å². The number of hydrogen-bond donors (Lipinski definition) is 2. The van der Waals surface area contributed by atoms with Gasteiger partial charge in [0.1, 0.15) is 12.2 Å². The van der Waals surface area contributed by atoms with Crippen LogP contribution in [0.5, 0.6) is 0 Å². The summed E-state index contributed by atoms with van der Waals surface area (Å²) in [6, 6.07) is 0. The third-order valence-electron chi connectivity index (χ3n) is 4.48. The van der Waals surface area contributed by atoms with E-state index in [-0.39, 0.29) is 0 Å². The normalized spacial score (nSPS) is 16.2. The van der Waals surface area contributed by atoms with Gasteiger partial charge in [-0.15, -0.1) is 10.2 Å². The van der Waals surface area contributed by atoms with Crippen LogP contribution in [0.15, 0.2) is 11.3 Å². The van der Waals surface area contributed by atoms with Crippen molar-refractivity contribution in [2.24, 2.45) is 4.99 Å². The van der Waals surface area contributed by atoms with E-state index in [4.69, 9.17) is 4.74 Å². The standard InChI is InChI=1S/C18H34N6O/c1-3-17-23-22-15-24(17)13-12-21-18(19-4-2)20-11-8-14-25-16-9-6-5-7-10-16/h15-16H,3-14H2,1-2H3,(H2,19,20,21). The van der Waals surface area contributed by atoms with Gasteiger partial charge in [0, 0.05) is 39.2 Å². The first-order valence-corrected chi connectivity index (χ1v) is 9.84. The molecule has 0 atom stereocenters. The van der Waals surface area contributed by atoms with E-state index >= 15 is 0 Å². The molecular formula is C18H34N6O. The number of guanidine groups is 1. The van der Waals surface area contributed by atoms with Crippen molar-refractivity contribution >= 4 is 5.96 Å². The average Bonchev–Trinajstić information content (AvgIpc) is 3.10. The highest BCUT2D eigenvalue weighted by atomic mass is 16.5. The maximum Gasteiger partial charge on any atom is 0.191 e. The quantitative estimate of drug-likeness (QED) is 0.384. The fourth-order valence-corrected chi connectivity index (χ4v) is 3.11. The summed E-state index contributed by atoms with van der Waals surface area (Å²) in [5.41, 5.74) is 0. The Bertz CT molecular complexity index is 496. The summed E-state index contributed by atoms with van der Waals surface area (Å²) >= 11 is 0. The molecule has 1 aliphatic carbocycles. The number of nitrogens with one attached hydrogen (secondary N) is 2. The lowest BCUT2D eigenvalue weighted by atomic mass is 9.98. The molecule has 0 aromatic carbocycles. The molecule has 1 aromatic heterocycles. The molecule has 2 rings (SSSR count). The Morgan fingerprint density at radius 1 is 1.28 bits per heavy atom. The van der Waals surface area contributed by atoms with Crippen molar-refractivity contribution in [2.45, 2.75) is 71.4 Å². The molecule has 1 heterocycles.